The fourth-order valence-corrected chi connectivity index (χ4v) is 3.45. The van der Waals surface area contributed by atoms with Crippen LogP contribution in [0.1, 0.15) is 16.5 Å². The van der Waals surface area contributed by atoms with Gasteiger partial charge in [0.2, 0.25) is 0 Å². The number of fused-ring (bicyclic) bond motifs is 3. The van der Waals surface area contributed by atoms with Crippen LogP contribution in [0.25, 0.3) is 10.1 Å². The molecule has 1 aliphatic rings. The van der Waals surface area contributed by atoms with Crippen LogP contribution in [0.3, 0.4) is 0 Å². The van der Waals surface area contributed by atoms with Gasteiger partial charge in [0, 0.05) is 28.1 Å². The van der Waals surface area contributed by atoms with E-state index in [1.165, 1.54) is 20.5 Å². The van der Waals surface area contributed by atoms with E-state index in [1.54, 1.807) is 0 Å². The topological polar surface area (TPSA) is 35.2 Å². The average Bonchev–Trinajstić information content (AvgIpc) is 2.67. The first kappa shape index (κ1) is 9.33. The highest BCUT2D eigenvalue weighted by Gasteiger charge is 2.24. The van der Waals surface area contributed by atoms with E-state index in [0.29, 0.717) is 6.54 Å². The number of rotatable bonds is 1. The number of nitrogens with two attached hydrogens (primary N) is 1. The highest BCUT2D eigenvalue weighted by molar-refractivity contribution is 7.19. The molecule has 15 heavy (non-hydrogen) atoms. The summed E-state index contributed by atoms with van der Waals surface area (Å²) in [6.45, 7) is 1.38. The van der Waals surface area contributed by atoms with Gasteiger partial charge < -0.3 is 10.5 Å². The van der Waals surface area contributed by atoms with Gasteiger partial charge in [0.1, 0.15) is 0 Å². The van der Waals surface area contributed by atoms with Crippen molar-refractivity contribution < 1.29 is 4.74 Å². The van der Waals surface area contributed by atoms with Crippen LogP contribution >= 0.6 is 11.3 Å². The second kappa shape index (κ2) is 3.59. The first-order chi connectivity index (χ1) is 7.40. The van der Waals surface area contributed by atoms with Crippen molar-refractivity contribution in [1.82, 2.24) is 0 Å². The Hall–Kier alpha value is -0.900. The lowest BCUT2D eigenvalue weighted by Crippen LogP contribution is -2.21. The largest absolute Gasteiger partial charge is 0.372 e. The van der Waals surface area contributed by atoms with Crippen LogP contribution in [0.15, 0.2) is 24.3 Å². The molecular formula is C12H13NOS. The van der Waals surface area contributed by atoms with Gasteiger partial charge in [-0.1, -0.05) is 18.2 Å². The fourth-order valence-electron chi connectivity index (χ4n) is 2.22. The highest BCUT2D eigenvalue weighted by Crippen LogP contribution is 2.39. The van der Waals surface area contributed by atoms with E-state index < -0.39 is 0 Å². The number of hydrogen-bond donors (Lipinski definition) is 1. The summed E-state index contributed by atoms with van der Waals surface area (Å²) in [6.07, 6.45) is 1.13. The van der Waals surface area contributed by atoms with Crippen molar-refractivity contribution in [3.8, 4) is 0 Å². The molecule has 2 heterocycles. The van der Waals surface area contributed by atoms with Crippen LogP contribution in [0.2, 0.25) is 0 Å². The number of benzene rings is 1. The summed E-state index contributed by atoms with van der Waals surface area (Å²) in [5, 5.41) is 1.33. The molecule has 0 unspecified atom stereocenters. The second-order valence-electron chi connectivity index (χ2n) is 3.78. The third-order valence-corrected chi connectivity index (χ3v) is 4.14. The monoisotopic (exact) mass is 219 g/mol. The van der Waals surface area contributed by atoms with Gasteiger partial charge >= 0.3 is 0 Å². The van der Waals surface area contributed by atoms with E-state index in [0.717, 1.165) is 13.0 Å². The number of ether oxygens (including phenoxy) is 1. The van der Waals surface area contributed by atoms with Crippen LogP contribution in [0.5, 0.6) is 0 Å². The molecule has 3 rings (SSSR count). The summed E-state index contributed by atoms with van der Waals surface area (Å²) in [4.78, 5) is 1.46. The molecule has 0 fully saturated rings. The Morgan fingerprint density at radius 1 is 1.40 bits per heavy atom. The second-order valence-corrected chi connectivity index (χ2v) is 4.92. The minimum Gasteiger partial charge on any atom is -0.372 e. The summed E-state index contributed by atoms with van der Waals surface area (Å²) in [5.41, 5.74) is 7.09. The molecule has 1 aliphatic heterocycles. The Morgan fingerprint density at radius 2 is 2.27 bits per heavy atom. The molecule has 0 radical (unpaired) electrons. The molecule has 0 saturated heterocycles. The molecule has 3 heteroatoms. The minimum atomic E-state index is 0.102. The van der Waals surface area contributed by atoms with Gasteiger partial charge in [0.05, 0.1) is 12.7 Å². The summed E-state index contributed by atoms with van der Waals surface area (Å²) >= 11 is 1.88. The molecule has 1 aromatic carbocycles. The molecule has 78 valence electrons. The highest BCUT2D eigenvalue weighted by atomic mass is 32.1. The third kappa shape index (κ3) is 1.39. The van der Waals surface area contributed by atoms with Crippen LogP contribution < -0.4 is 5.73 Å². The van der Waals surface area contributed by atoms with E-state index in [9.17, 15) is 0 Å². The summed E-state index contributed by atoms with van der Waals surface area (Å²) < 4.78 is 7.05. The van der Waals surface area contributed by atoms with Crippen LogP contribution in [0.4, 0.5) is 0 Å². The molecular weight excluding hydrogens is 206 g/mol. The molecule has 2 N–H and O–H groups in total. The first-order valence-electron chi connectivity index (χ1n) is 5.22. The van der Waals surface area contributed by atoms with E-state index in [-0.39, 0.29) is 6.10 Å². The Morgan fingerprint density at radius 3 is 3.13 bits per heavy atom. The Labute approximate surface area is 92.7 Å². The van der Waals surface area contributed by atoms with Gasteiger partial charge in [-0.2, -0.15) is 0 Å². The van der Waals surface area contributed by atoms with Gasteiger partial charge in [0.25, 0.3) is 0 Å². The molecule has 1 atom stereocenters. The predicted molar refractivity (Wildman–Crippen MR) is 63.3 cm³/mol. The van der Waals surface area contributed by atoms with E-state index in [1.807, 2.05) is 11.3 Å². The smallest absolute Gasteiger partial charge is 0.0963 e. The quantitative estimate of drug-likeness (QED) is 0.799. The molecule has 0 saturated carbocycles. The lowest BCUT2D eigenvalue weighted by molar-refractivity contribution is 0.0508. The Kier molecular flexibility index (Phi) is 2.24. The van der Waals surface area contributed by atoms with Crippen molar-refractivity contribution in [2.45, 2.75) is 12.5 Å². The zero-order chi connectivity index (χ0) is 10.3. The minimum absolute atomic E-state index is 0.102. The average molecular weight is 219 g/mol. The van der Waals surface area contributed by atoms with E-state index in [2.05, 4.69) is 24.3 Å². The molecule has 2 aromatic rings. The van der Waals surface area contributed by atoms with Gasteiger partial charge in [-0.05, 0) is 11.5 Å². The normalized spacial score (nSPS) is 20.5. The molecule has 0 aliphatic carbocycles. The molecule has 0 amide bonds. The lowest BCUT2D eigenvalue weighted by atomic mass is 10.0. The number of hydrogen-bond acceptors (Lipinski definition) is 3. The summed E-state index contributed by atoms with van der Waals surface area (Å²) in [6, 6.07) is 8.51. The standard InChI is InChI=1S/C12H13NOS/c13-7-9-12-8-3-1-2-4-10(8)15-11(12)5-6-14-9/h1-4,9H,5-7,13H2/t9-/m0/s1. The number of thiophene rings is 1. The van der Waals surface area contributed by atoms with Crippen LogP contribution in [-0.4, -0.2) is 13.2 Å². The molecule has 2 nitrogen and oxygen atoms in total. The Balaban J connectivity index is 2.27. The predicted octanol–water partition coefficient (Wildman–Crippen LogP) is 2.47. The summed E-state index contributed by atoms with van der Waals surface area (Å²) in [7, 11) is 0. The maximum Gasteiger partial charge on any atom is 0.0963 e. The van der Waals surface area contributed by atoms with Crippen molar-refractivity contribution in [3.63, 3.8) is 0 Å². The first-order valence-corrected chi connectivity index (χ1v) is 6.04. The van der Waals surface area contributed by atoms with Crippen molar-refractivity contribution in [2.75, 3.05) is 13.2 Å². The SMILES string of the molecule is NC[C@@H]1OCCc2sc3ccccc3c21. The van der Waals surface area contributed by atoms with Crippen molar-refractivity contribution in [1.29, 1.82) is 0 Å². The summed E-state index contributed by atoms with van der Waals surface area (Å²) in [5.74, 6) is 0. The van der Waals surface area contributed by atoms with Crippen molar-refractivity contribution in [3.05, 3.63) is 34.7 Å². The van der Waals surface area contributed by atoms with Gasteiger partial charge in [-0.25, -0.2) is 0 Å². The molecule has 1 aromatic heterocycles. The third-order valence-electron chi connectivity index (χ3n) is 2.90. The molecule has 0 spiro atoms. The van der Waals surface area contributed by atoms with Crippen molar-refractivity contribution >= 4 is 21.4 Å². The maximum atomic E-state index is 5.75. The zero-order valence-corrected chi connectivity index (χ0v) is 9.22. The molecule has 0 bridgehead atoms. The van der Waals surface area contributed by atoms with E-state index in [4.69, 9.17) is 10.5 Å². The van der Waals surface area contributed by atoms with Crippen LogP contribution in [-0.2, 0) is 11.2 Å². The van der Waals surface area contributed by atoms with Crippen LogP contribution in [0, 0.1) is 0 Å². The van der Waals surface area contributed by atoms with Crippen molar-refractivity contribution in [2.24, 2.45) is 5.73 Å². The zero-order valence-electron chi connectivity index (χ0n) is 8.40. The lowest BCUT2D eigenvalue weighted by Gasteiger charge is -2.22. The van der Waals surface area contributed by atoms with Gasteiger partial charge in [-0.3, -0.25) is 0 Å². The van der Waals surface area contributed by atoms with Gasteiger partial charge in [-0.15, -0.1) is 11.3 Å². The van der Waals surface area contributed by atoms with E-state index >= 15 is 0 Å². The Bertz CT molecular complexity index is 491. The fraction of sp³-hybridized carbons (Fsp3) is 0.333. The maximum absolute atomic E-state index is 5.75. The van der Waals surface area contributed by atoms with Gasteiger partial charge in [0.15, 0.2) is 0 Å².